The van der Waals surface area contributed by atoms with Gasteiger partial charge in [-0.15, -0.1) is 11.3 Å². The number of carbonyl (C=O) groups is 1. The minimum atomic E-state index is -0.239. The Balaban J connectivity index is 2.19. The largest absolute Gasteiger partial charge is 0.497 e. The Labute approximate surface area is 127 Å². The van der Waals surface area contributed by atoms with Crippen LogP contribution in [0.1, 0.15) is 35.0 Å². The first-order valence-corrected chi connectivity index (χ1v) is 7.35. The van der Waals surface area contributed by atoms with Crippen molar-refractivity contribution in [2.24, 2.45) is 0 Å². The molecule has 0 saturated carbocycles. The van der Waals surface area contributed by atoms with Crippen LogP contribution in [0.15, 0.2) is 24.4 Å². The van der Waals surface area contributed by atoms with Crippen molar-refractivity contribution < 1.29 is 14.3 Å². The molecular weight excluding hydrogens is 288 g/mol. The summed E-state index contributed by atoms with van der Waals surface area (Å²) in [5.74, 6) is 1.30. The highest BCUT2D eigenvalue weighted by molar-refractivity contribution is 7.15. The van der Waals surface area contributed by atoms with Crippen LogP contribution in [0.5, 0.6) is 11.5 Å². The van der Waals surface area contributed by atoms with Crippen LogP contribution >= 0.6 is 11.3 Å². The molecule has 0 spiro atoms. The lowest BCUT2D eigenvalue weighted by molar-refractivity contribution is 0.102. The lowest BCUT2D eigenvalue weighted by atomic mass is 10.2. The van der Waals surface area contributed by atoms with E-state index in [2.05, 4.69) is 24.1 Å². The standard InChI is InChI=1S/C15H18N2O3S/c1-9(2)13-8-16-15(21-13)17-14(18)10-5-11(19-3)7-12(6-10)20-4/h5-9H,1-4H3,(H,16,17,18). The Morgan fingerprint density at radius 2 is 1.81 bits per heavy atom. The zero-order valence-corrected chi connectivity index (χ0v) is 13.3. The molecule has 0 radical (unpaired) electrons. The maximum Gasteiger partial charge on any atom is 0.257 e. The van der Waals surface area contributed by atoms with Crippen LogP contribution in [0, 0.1) is 0 Å². The molecule has 21 heavy (non-hydrogen) atoms. The van der Waals surface area contributed by atoms with Gasteiger partial charge in [-0.1, -0.05) is 13.8 Å². The first-order valence-electron chi connectivity index (χ1n) is 6.53. The van der Waals surface area contributed by atoms with Gasteiger partial charge in [0.2, 0.25) is 0 Å². The number of hydrogen-bond donors (Lipinski definition) is 1. The van der Waals surface area contributed by atoms with Gasteiger partial charge in [0.1, 0.15) is 11.5 Å². The number of nitrogens with zero attached hydrogens (tertiary/aromatic N) is 1. The Morgan fingerprint density at radius 3 is 2.29 bits per heavy atom. The molecule has 1 aromatic carbocycles. The van der Waals surface area contributed by atoms with Crippen LogP contribution in [0.2, 0.25) is 0 Å². The molecule has 2 rings (SSSR count). The fraction of sp³-hybridized carbons (Fsp3) is 0.333. The van der Waals surface area contributed by atoms with Gasteiger partial charge in [0.25, 0.3) is 5.91 Å². The predicted octanol–water partition coefficient (Wildman–Crippen LogP) is 3.54. The lowest BCUT2D eigenvalue weighted by Crippen LogP contribution is -2.11. The summed E-state index contributed by atoms with van der Waals surface area (Å²) in [5.41, 5.74) is 0.465. The van der Waals surface area contributed by atoms with Gasteiger partial charge in [-0.3, -0.25) is 10.1 Å². The molecule has 2 aromatic rings. The SMILES string of the molecule is COc1cc(OC)cc(C(=O)Nc2ncc(C(C)C)s2)c1. The number of carbonyl (C=O) groups excluding carboxylic acids is 1. The molecular formula is C15H18N2O3S. The second kappa shape index (κ2) is 6.58. The summed E-state index contributed by atoms with van der Waals surface area (Å²) in [4.78, 5) is 17.6. The van der Waals surface area contributed by atoms with Gasteiger partial charge in [-0.05, 0) is 18.1 Å². The van der Waals surface area contributed by atoms with Crippen LogP contribution in [-0.2, 0) is 0 Å². The van der Waals surface area contributed by atoms with Crippen LogP contribution in [-0.4, -0.2) is 25.1 Å². The molecule has 1 N–H and O–H groups in total. The molecule has 0 bridgehead atoms. The molecule has 112 valence electrons. The summed E-state index contributed by atoms with van der Waals surface area (Å²) in [5, 5.41) is 3.38. The van der Waals surface area contributed by atoms with Crippen LogP contribution in [0.25, 0.3) is 0 Å². The first kappa shape index (κ1) is 15.3. The number of ether oxygens (including phenoxy) is 2. The van der Waals surface area contributed by atoms with E-state index in [1.807, 2.05) is 0 Å². The third kappa shape index (κ3) is 3.72. The first-order chi connectivity index (χ1) is 10.0. The fourth-order valence-corrected chi connectivity index (χ4v) is 2.53. The molecule has 1 amide bonds. The zero-order valence-electron chi connectivity index (χ0n) is 12.5. The van der Waals surface area contributed by atoms with Crippen molar-refractivity contribution in [2.45, 2.75) is 19.8 Å². The quantitative estimate of drug-likeness (QED) is 0.918. The molecule has 0 saturated heterocycles. The Kier molecular flexibility index (Phi) is 4.80. The highest BCUT2D eigenvalue weighted by Gasteiger charge is 2.13. The summed E-state index contributed by atoms with van der Waals surface area (Å²) < 4.78 is 10.3. The number of rotatable bonds is 5. The van der Waals surface area contributed by atoms with Crippen molar-refractivity contribution in [1.82, 2.24) is 4.98 Å². The Bertz CT molecular complexity index is 615. The maximum absolute atomic E-state index is 12.3. The van der Waals surface area contributed by atoms with Crippen molar-refractivity contribution in [3.8, 4) is 11.5 Å². The highest BCUT2D eigenvalue weighted by atomic mass is 32.1. The maximum atomic E-state index is 12.3. The summed E-state index contributed by atoms with van der Waals surface area (Å²) in [6, 6.07) is 5.04. The van der Waals surface area contributed by atoms with Gasteiger partial charge in [-0.2, -0.15) is 0 Å². The number of aromatic nitrogens is 1. The topological polar surface area (TPSA) is 60.5 Å². The number of nitrogens with one attached hydrogen (secondary N) is 1. The van der Waals surface area contributed by atoms with Gasteiger partial charge in [0, 0.05) is 22.7 Å². The minimum Gasteiger partial charge on any atom is -0.497 e. The normalized spacial score (nSPS) is 10.5. The van der Waals surface area contributed by atoms with Gasteiger partial charge < -0.3 is 9.47 Å². The molecule has 0 fully saturated rings. The van der Waals surface area contributed by atoms with E-state index < -0.39 is 0 Å². The minimum absolute atomic E-state index is 0.239. The van der Waals surface area contributed by atoms with E-state index >= 15 is 0 Å². The predicted molar refractivity (Wildman–Crippen MR) is 83.7 cm³/mol. The number of methoxy groups -OCH3 is 2. The Hall–Kier alpha value is -2.08. The molecule has 0 atom stereocenters. The van der Waals surface area contributed by atoms with E-state index in [-0.39, 0.29) is 5.91 Å². The van der Waals surface area contributed by atoms with E-state index in [1.54, 1.807) is 38.6 Å². The third-order valence-corrected chi connectivity index (χ3v) is 4.14. The lowest BCUT2D eigenvalue weighted by Gasteiger charge is -2.08. The summed E-state index contributed by atoms with van der Waals surface area (Å²) in [6.07, 6.45) is 1.79. The van der Waals surface area contributed by atoms with Crippen molar-refractivity contribution in [2.75, 3.05) is 19.5 Å². The van der Waals surface area contributed by atoms with E-state index in [0.717, 1.165) is 4.88 Å². The Morgan fingerprint density at radius 1 is 1.19 bits per heavy atom. The molecule has 0 aliphatic rings. The van der Waals surface area contributed by atoms with E-state index in [9.17, 15) is 4.79 Å². The second-order valence-corrected chi connectivity index (χ2v) is 5.84. The monoisotopic (exact) mass is 306 g/mol. The van der Waals surface area contributed by atoms with E-state index in [0.29, 0.717) is 28.1 Å². The summed E-state index contributed by atoms with van der Waals surface area (Å²) in [6.45, 7) is 4.18. The average Bonchev–Trinajstić information content (AvgIpc) is 2.95. The number of anilines is 1. The van der Waals surface area contributed by atoms with Crippen molar-refractivity contribution >= 4 is 22.4 Å². The molecule has 1 aromatic heterocycles. The highest BCUT2D eigenvalue weighted by Crippen LogP contribution is 2.27. The zero-order chi connectivity index (χ0) is 15.4. The van der Waals surface area contributed by atoms with Gasteiger partial charge in [0.05, 0.1) is 14.2 Å². The van der Waals surface area contributed by atoms with Crippen molar-refractivity contribution in [3.05, 3.63) is 34.8 Å². The number of benzene rings is 1. The van der Waals surface area contributed by atoms with E-state index in [4.69, 9.17) is 9.47 Å². The van der Waals surface area contributed by atoms with Gasteiger partial charge in [0.15, 0.2) is 5.13 Å². The number of amides is 1. The smallest absolute Gasteiger partial charge is 0.257 e. The number of hydrogen-bond acceptors (Lipinski definition) is 5. The molecule has 6 heteroatoms. The van der Waals surface area contributed by atoms with Crippen molar-refractivity contribution in [3.63, 3.8) is 0 Å². The van der Waals surface area contributed by atoms with E-state index in [1.165, 1.54) is 11.3 Å². The second-order valence-electron chi connectivity index (χ2n) is 4.78. The third-order valence-electron chi connectivity index (χ3n) is 2.93. The van der Waals surface area contributed by atoms with Crippen LogP contribution < -0.4 is 14.8 Å². The summed E-state index contributed by atoms with van der Waals surface area (Å²) in [7, 11) is 3.10. The number of thiazole rings is 1. The molecule has 5 nitrogen and oxygen atoms in total. The average molecular weight is 306 g/mol. The van der Waals surface area contributed by atoms with Crippen LogP contribution in [0.3, 0.4) is 0 Å². The molecule has 0 unspecified atom stereocenters. The van der Waals surface area contributed by atoms with Gasteiger partial charge >= 0.3 is 0 Å². The van der Waals surface area contributed by atoms with Crippen molar-refractivity contribution in [1.29, 1.82) is 0 Å². The fourth-order valence-electron chi connectivity index (χ4n) is 1.72. The summed E-state index contributed by atoms with van der Waals surface area (Å²) >= 11 is 1.48. The van der Waals surface area contributed by atoms with Gasteiger partial charge in [-0.25, -0.2) is 4.98 Å². The molecule has 0 aliphatic heterocycles. The van der Waals surface area contributed by atoms with Crippen LogP contribution in [0.4, 0.5) is 5.13 Å². The molecule has 1 heterocycles. The molecule has 0 aliphatic carbocycles.